The fourth-order valence-corrected chi connectivity index (χ4v) is 3.61. The second kappa shape index (κ2) is 8.62. The first kappa shape index (κ1) is 19.4. The third-order valence-corrected chi connectivity index (χ3v) is 5.08. The Morgan fingerprint density at radius 1 is 1.07 bits per heavy atom. The van der Waals surface area contributed by atoms with Crippen molar-refractivity contribution >= 4 is 17.5 Å². The predicted molar refractivity (Wildman–Crippen MR) is 112 cm³/mol. The topological polar surface area (TPSA) is 99.8 Å². The van der Waals surface area contributed by atoms with Crippen molar-refractivity contribution in [1.82, 2.24) is 14.9 Å². The van der Waals surface area contributed by atoms with Crippen LogP contribution in [-0.2, 0) is 19.5 Å². The van der Waals surface area contributed by atoms with Gasteiger partial charge < -0.3 is 15.2 Å². The molecule has 150 valence electrons. The zero-order valence-corrected chi connectivity index (χ0v) is 16.4. The van der Waals surface area contributed by atoms with Gasteiger partial charge in [-0.25, -0.2) is 4.98 Å². The lowest BCUT2D eigenvalue weighted by molar-refractivity contribution is 0.0945. The van der Waals surface area contributed by atoms with E-state index in [1.807, 2.05) is 34.9 Å². The van der Waals surface area contributed by atoms with Gasteiger partial charge in [0.2, 0.25) is 0 Å². The van der Waals surface area contributed by atoms with Gasteiger partial charge in [-0.15, -0.1) is 0 Å². The summed E-state index contributed by atoms with van der Waals surface area (Å²) in [5.74, 6) is -0.456. The summed E-state index contributed by atoms with van der Waals surface area (Å²) in [6.45, 7) is 1.05. The van der Waals surface area contributed by atoms with E-state index in [1.54, 1.807) is 24.3 Å². The molecule has 3 aromatic rings. The summed E-state index contributed by atoms with van der Waals surface area (Å²) in [5, 5.41) is 14.7. The molecule has 2 aromatic carbocycles. The monoisotopic (exact) mass is 399 g/mol. The van der Waals surface area contributed by atoms with Crippen LogP contribution in [0.3, 0.4) is 0 Å². The van der Waals surface area contributed by atoms with Crippen LogP contribution >= 0.6 is 0 Å². The zero-order valence-electron chi connectivity index (χ0n) is 16.4. The summed E-state index contributed by atoms with van der Waals surface area (Å²) in [6.07, 6.45) is 2.59. The number of nitriles is 1. The van der Waals surface area contributed by atoms with Crippen LogP contribution in [0.4, 0.5) is 5.69 Å². The van der Waals surface area contributed by atoms with Gasteiger partial charge in [-0.1, -0.05) is 36.4 Å². The number of anilines is 1. The molecule has 0 atom stereocenters. The van der Waals surface area contributed by atoms with E-state index in [2.05, 4.69) is 21.7 Å². The Morgan fingerprint density at radius 3 is 2.70 bits per heavy atom. The molecule has 0 spiro atoms. The lowest BCUT2D eigenvalue weighted by atomic mass is 10.1. The van der Waals surface area contributed by atoms with Crippen molar-refractivity contribution in [3.05, 3.63) is 82.9 Å². The molecule has 7 nitrogen and oxygen atoms in total. The summed E-state index contributed by atoms with van der Waals surface area (Å²) in [4.78, 5) is 30.1. The minimum absolute atomic E-state index is 0.219. The highest BCUT2D eigenvalue weighted by molar-refractivity contribution is 6.03. The second-order valence-electron chi connectivity index (χ2n) is 7.15. The average Bonchev–Trinajstić information content (AvgIpc) is 3.18. The molecule has 0 radical (unpaired) electrons. The first-order valence-corrected chi connectivity index (χ1v) is 9.89. The van der Waals surface area contributed by atoms with Gasteiger partial charge in [0.25, 0.3) is 11.8 Å². The number of hydrogen-bond donors (Lipinski definition) is 2. The smallest absolute Gasteiger partial charge is 0.291 e. The fraction of sp³-hybridized carbons (Fsp3) is 0.217. The highest BCUT2D eigenvalue weighted by Crippen LogP contribution is 2.22. The molecule has 0 fully saturated rings. The third kappa shape index (κ3) is 4.08. The number of nitrogens with one attached hydrogen (secondary N) is 2. The molecule has 0 aliphatic carbocycles. The molecule has 2 amide bonds. The number of fused-ring (bicyclic) bond motifs is 1. The minimum Gasteiger partial charge on any atom is -0.347 e. The zero-order chi connectivity index (χ0) is 20.9. The van der Waals surface area contributed by atoms with E-state index in [4.69, 9.17) is 5.26 Å². The Morgan fingerprint density at radius 2 is 1.90 bits per heavy atom. The molecule has 30 heavy (non-hydrogen) atoms. The first-order valence-electron chi connectivity index (χ1n) is 9.89. The highest BCUT2D eigenvalue weighted by Gasteiger charge is 2.27. The number of benzene rings is 2. The Kier molecular flexibility index (Phi) is 5.57. The Labute approximate surface area is 174 Å². The number of carbonyl (C=O) groups excluding carboxylic acids is 2. The van der Waals surface area contributed by atoms with Crippen LogP contribution in [0.1, 0.15) is 50.8 Å². The van der Waals surface area contributed by atoms with Crippen molar-refractivity contribution in [2.24, 2.45) is 0 Å². The van der Waals surface area contributed by atoms with Crippen LogP contribution in [0, 0.1) is 11.3 Å². The largest absolute Gasteiger partial charge is 0.347 e. The molecule has 1 aliphatic rings. The first-order chi connectivity index (χ1) is 14.7. The van der Waals surface area contributed by atoms with Crippen molar-refractivity contribution in [3.8, 4) is 6.07 Å². The maximum absolute atomic E-state index is 12.9. The fourth-order valence-electron chi connectivity index (χ4n) is 3.61. The predicted octanol–water partition coefficient (Wildman–Crippen LogP) is 3.27. The van der Waals surface area contributed by atoms with Gasteiger partial charge in [0.1, 0.15) is 5.69 Å². The molecule has 2 heterocycles. The SMILES string of the molecule is N#Cc1cccc(NC(=O)c2nc(C(=O)NCc3ccccc3)c3n2CCCC3)c1. The molecule has 4 rings (SSSR count). The van der Waals surface area contributed by atoms with E-state index in [-0.39, 0.29) is 11.7 Å². The molecular formula is C23H21N5O2. The van der Waals surface area contributed by atoms with Crippen molar-refractivity contribution in [3.63, 3.8) is 0 Å². The van der Waals surface area contributed by atoms with Crippen LogP contribution in [0.5, 0.6) is 0 Å². The summed E-state index contributed by atoms with van der Waals surface area (Å²) >= 11 is 0. The van der Waals surface area contributed by atoms with Gasteiger partial charge in [0, 0.05) is 18.8 Å². The average molecular weight is 399 g/mol. The van der Waals surface area contributed by atoms with Crippen LogP contribution in [0.2, 0.25) is 0 Å². The van der Waals surface area contributed by atoms with Gasteiger partial charge in [0.15, 0.2) is 5.82 Å². The summed E-state index contributed by atoms with van der Waals surface area (Å²) in [5.41, 5.74) is 3.07. The van der Waals surface area contributed by atoms with Crippen LogP contribution in [0.15, 0.2) is 54.6 Å². The number of aromatic nitrogens is 2. The van der Waals surface area contributed by atoms with Crippen LogP contribution in [-0.4, -0.2) is 21.4 Å². The standard InChI is InChI=1S/C23H21N5O2/c24-14-17-9-6-10-18(13-17)26-23(30)21-27-20(19-11-4-5-12-28(19)21)22(29)25-15-16-7-2-1-3-8-16/h1-3,6-10,13H,4-5,11-12,15H2,(H,25,29)(H,26,30). The lowest BCUT2D eigenvalue weighted by Crippen LogP contribution is -2.25. The molecular weight excluding hydrogens is 378 g/mol. The summed E-state index contributed by atoms with van der Waals surface area (Å²) in [6, 6.07) is 18.4. The molecule has 1 aromatic heterocycles. The second-order valence-corrected chi connectivity index (χ2v) is 7.15. The molecule has 0 saturated heterocycles. The molecule has 0 bridgehead atoms. The molecule has 0 unspecified atom stereocenters. The quantitative estimate of drug-likeness (QED) is 0.688. The number of rotatable bonds is 5. The normalized spacial score (nSPS) is 12.5. The van der Waals surface area contributed by atoms with Gasteiger partial charge in [-0.3, -0.25) is 9.59 Å². The van der Waals surface area contributed by atoms with Gasteiger partial charge in [-0.05, 0) is 43.0 Å². The molecule has 0 saturated carbocycles. The highest BCUT2D eigenvalue weighted by atomic mass is 16.2. The Balaban J connectivity index is 1.56. The molecule has 1 aliphatic heterocycles. The van der Waals surface area contributed by atoms with Crippen molar-refractivity contribution in [2.75, 3.05) is 5.32 Å². The van der Waals surface area contributed by atoms with Gasteiger partial charge in [-0.2, -0.15) is 5.26 Å². The van der Waals surface area contributed by atoms with Crippen LogP contribution < -0.4 is 10.6 Å². The minimum atomic E-state index is -0.393. The summed E-state index contributed by atoms with van der Waals surface area (Å²) in [7, 11) is 0. The van der Waals surface area contributed by atoms with Crippen molar-refractivity contribution in [1.29, 1.82) is 5.26 Å². The van der Waals surface area contributed by atoms with E-state index in [1.165, 1.54) is 0 Å². The van der Waals surface area contributed by atoms with Crippen molar-refractivity contribution in [2.45, 2.75) is 32.4 Å². The van der Waals surface area contributed by atoms with E-state index >= 15 is 0 Å². The van der Waals surface area contributed by atoms with Crippen LogP contribution in [0.25, 0.3) is 0 Å². The number of nitrogens with zero attached hydrogens (tertiary/aromatic N) is 3. The van der Waals surface area contributed by atoms with E-state index in [9.17, 15) is 9.59 Å². The number of imidazole rings is 1. The molecule has 2 N–H and O–H groups in total. The van der Waals surface area contributed by atoms with Gasteiger partial charge >= 0.3 is 0 Å². The Bertz CT molecular complexity index is 1130. The van der Waals surface area contributed by atoms with Gasteiger partial charge in [0.05, 0.1) is 17.3 Å². The summed E-state index contributed by atoms with van der Waals surface area (Å²) < 4.78 is 1.84. The van der Waals surface area contributed by atoms with Crippen molar-refractivity contribution < 1.29 is 9.59 Å². The lowest BCUT2D eigenvalue weighted by Gasteiger charge is -2.17. The number of carbonyl (C=O) groups is 2. The third-order valence-electron chi connectivity index (χ3n) is 5.08. The Hall–Kier alpha value is -3.92. The molecule has 7 heteroatoms. The maximum Gasteiger partial charge on any atom is 0.291 e. The number of amides is 2. The van der Waals surface area contributed by atoms with E-state index in [0.29, 0.717) is 36.5 Å². The maximum atomic E-state index is 12.9. The van der Waals surface area contributed by atoms with E-state index in [0.717, 1.165) is 24.1 Å². The number of hydrogen-bond acceptors (Lipinski definition) is 4. The van der Waals surface area contributed by atoms with E-state index < -0.39 is 5.91 Å².